The first-order valence-corrected chi connectivity index (χ1v) is 10.4. The lowest BCUT2D eigenvalue weighted by atomic mass is 10.0. The molecule has 0 aliphatic heterocycles. The van der Waals surface area contributed by atoms with Crippen molar-refractivity contribution in [1.82, 2.24) is 4.98 Å². The highest BCUT2D eigenvalue weighted by Crippen LogP contribution is 2.42. The van der Waals surface area contributed by atoms with E-state index >= 15 is 0 Å². The van der Waals surface area contributed by atoms with Crippen LogP contribution in [0.2, 0.25) is 0 Å². The van der Waals surface area contributed by atoms with E-state index in [9.17, 15) is 21.6 Å². The molecule has 29 heavy (non-hydrogen) atoms. The van der Waals surface area contributed by atoms with E-state index in [1.165, 1.54) is 36.4 Å². The van der Waals surface area contributed by atoms with E-state index in [0.717, 1.165) is 13.2 Å². The van der Waals surface area contributed by atoms with Crippen molar-refractivity contribution >= 4 is 31.6 Å². The van der Waals surface area contributed by atoms with Crippen LogP contribution < -0.4 is 9.46 Å². The Hall–Kier alpha value is -2.59. The van der Waals surface area contributed by atoms with Gasteiger partial charge in [0, 0.05) is 16.1 Å². The Bertz CT molecular complexity index is 1120. The first-order chi connectivity index (χ1) is 13.6. The van der Waals surface area contributed by atoms with Crippen LogP contribution in [0.15, 0.2) is 70.0 Å². The van der Waals surface area contributed by atoms with E-state index in [1.54, 1.807) is 18.2 Å². The van der Waals surface area contributed by atoms with Gasteiger partial charge in [0.2, 0.25) is 5.88 Å². The van der Waals surface area contributed by atoms with E-state index in [1.807, 2.05) is 0 Å². The number of sulfonamides is 1. The van der Waals surface area contributed by atoms with Gasteiger partial charge in [0.25, 0.3) is 10.0 Å². The van der Waals surface area contributed by atoms with Crippen LogP contribution in [0.1, 0.15) is 5.69 Å². The average Bonchev–Trinajstić information content (AvgIpc) is 2.68. The number of benzene rings is 2. The van der Waals surface area contributed by atoms with Gasteiger partial charge < -0.3 is 4.74 Å². The fraction of sp³-hybridized carbons (Fsp3) is 0.105. The minimum atomic E-state index is -4.84. The van der Waals surface area contributed by atoms with Crippen molar-refractivity contribution in [3.05, 3.63) is 70.8 Å². The molecule has 152 valence electrons. The molecule has 0 bridgehead atoms. The molecule has 0 saturated heterocycles. The number of nitrogens with zero attached hydrogens (tertiary/aromatic N) is 1. The lowest BCUT2D eigenvalue weighted by molar-refractivity contribution is -0.140. The van der Waals surface area contributed by atoms with E-state index in [-0.39, 0.29) is 22.0 Å². The van der Waals surface area contributed by atoms with Crippen molar-refractivity contribution in [2.75, 3.05) is 11.8 Å². The van der Waals surface area contributed by atoms with Gasteiger partial charge in [0.15, 0.2) is 5.69 Å². The van der Waals surface area contributed by atoms with Crippen molar-refractivity contribution < 1.29 is 26.3 Å². The van der Waals surface area contributed by atoms with Gasteiger partial charge in [0.05, 0.1) is 17.7 Å². The zero-order valence-corrected chi connectivity index (χ0v) is 17.3. The van der Waals surface area contributed by atoms with Gasteiger partial charge in [-0.15, -0.1) is 0 Å². The maximum absolute atomic E-state index is 13.8. The summed E-state index contributed by atoms with van der Waals surface area (Å²) in [7, 11) is -3.00. The van der Waals surface area contributed by atoms with Gasteiger partial charge >= 0.3 is 6.18 Å². The first-order valence-electron chi connectivity index (χ1n) is 8.12. The monoisotopic (exact) mass is 486 g/mol. The second kappa shape index (κ2) is 8.03. The molecule has 0 saturated carbocycles. The zero-order chi connectivity index (χ0) is 21.2. The molecule has 0 spiro atoms. The number of ether oxygens (including phenoxy) is 1. The number of rotatable bonds is 5. The summed E-state index contributed by atoms with van der Waals surface area (Å²) in [4.78, 5) is 3.44. The van der Waals surface area contributed by atoms with Crippen LogP contribution in [-0.4, -0.2) is 20.5 Å². The van der Waals surface area contributed by atoms with Crippen molar-refractivity contribution in [2.24, 2.45) is 0 Å². The van der Waals surface area contributed by atoms with E-state index in [2.05, 4.69) is 25.6 Å². The number of pyridine rings is 1. The summed E-state index contributed by atoms with van der Waals surface area (Å²) < 4.78 is 74.5. The first kappa shape index (κ1) is 21.1. The number of alkyl halides is 3. The standard InChI is InChI=1S/C19H14BrF3N2O3S/c1-28-16-11-15(25-29(26,27)14-5-3-2-4-6-14)17(18(24-16)19(21,22)23)12-7-9-13(20)10-8-12/h2-11H,1H3,(H,24,25). The number of aromatic nitrogens is 1. The van der Waals surface area contributed by atoms with Gasteiger partial charge in [-0.2, -0.15) is 13.2 Å². The molecule has 3 aromatic rings. The summed E-state index contributed by atoms with van der Waals surface area (Å²) >= 11 is 3.23. The molecule has 2 aromatic carbocycles. The third-order valence-electron chi connectivity index (χ3n) is 3.90. The summed E-state index contributed by atoms with van der Waals surface area (Å²) in [6.07, 6.45) is -4.84. The summed E-state index contributed by atoms with van der Waals surface area (Å²) in [6, 6.07) is 14.4. The fourth-order valence-electron chi connectivity index (χ4n) is 2.62. The predicted octanol–water partition coefficient (Wildman–Crippen LogP) is 5.34. The van der Waals surface area contributed by atoms with Gasteiger partial charge in [-0.05, 0) is 29.8 Å². The van der Waals surface area contributed by atoms with Crippen LogP contribution in [0.3, 0.4) is 0 Å². The third-order valence-corrected chi connectivity index (χ3v) is 5.81. The topological polar surface area (TPSA) is 68.3 Å². The molecular weight excluding hydrogens is 473 g/mol. The molecule has 1 heterocycles. The average molecular weight is 487 g/mol. The van der Waals surface area contributed by atoms with Gasteiger partial charge in [0.1, 0.15) is 0 Å². The van der Waals surface area contributed by atoms with Crippen LogP contribution in [0.5, 0.6) is 5.88 Å². The quantitative estimate of drug-likeness (QED) is 0.528. The van der Waals surface area contributed by atoms with Gasteiger partial charge in [-0.3, -0.25) is 4.72 Å². The molecule has 1 aromatic heterocycles. The Balaban J connectivity index is 2.25. The molecule has 0 unspecified atom stereocenters. The summed E-state index contributed by atoms with van der Waals surface area (Å²) in [6.45, 7) is 0. The molecule has 0 radical (unpaired) electrons. The molecule has 0 atom stereocenters. The minimum absolute atomic E-state index is 0.0916. The lowest BCUT2D eigenvalue weighted by Crippen LogP contribution is -2.17. The maximum Gasteiger partial charge on any atom is 0.434 e. The smallest absolute Gasteiger partial charge is 0.434 e. The zero-order valence-electron chi connectivity index (χ0n) is 14.9. The highest BCUT2D eigenvalue weighted by atomic mass is 79.9. The van der Waals surface area contributed by atoms with Crippen molar-refractivity contribution in [3.63, 3.8) is 0 Å². The number of anilines is 1. The molecule has 0 aliphatic carbocycles. The molecule has 10 heteroatoms. The Labute approximate surface area is 173 Å². The van der Waals surface area contributed by atoms with Crippen LogP contribution in [0.4, 0.5) is 18.9 Å². The number of hydrogen-bond donors (Lipinski definition) is 1. The van der Waals surface area contributed by atoms with E-state index < -0.39 is 27.5 Å². The van der Waals surface area contributed by atoms with E-state index in [0.29, 0.717) is 4.47 Å². The second-order valence-electron chi connectivity index (χ2n) is 5.86. The van der Waals surface area contributed by atoms with Crippen LogP contribution in [0.25, 0.3) is 11.1 Å². The normalized spacial score (nSPS) is 11.9. The Morgan fingerprint density at radius 3 is 2.21 bits per heavy atom. The summed E-state index contributed by atoms with van der Waals surface area (Å²) in [5.74, 6) is -0.371. The third kappa shape index (κ3) is 4.70. The molecule has 0 amide bonds. The van der Waals surface area contributed by atoms with Crippen LogP contribution >= 0.6 is 15.9 Å². The minimum Gasteiger partial charge on any atom is -0.481 e. The highest BCUT2D eigenvalue weighted by molar-refractivity contribution is 9.10. The second-order valence-corrected chi connectivity index (χ2v) is 8.46. The molecule has 1 N–H and O–H groups in total. The number of halogens is 4. The fourth-order valence-corrected chi connectivity index (χ4v) is 3.97. The van der Waals surface area contributed by atoms with Gasteiger partial charge in [-0.1, -0.05) is 46.3 Å². The SMILES string of the molecule is COc1cc(NS(=O)(=O)c2ccccc2)c(-c2ccc(Br)cc2)c(C(F)(F)F)n1. The Morgan fingerprint density at radius 1 is 1.03 bits per heavy atom. The number of hydrogen-bond acceptors (Lipinski definition) is 4. The number of methoxy groups -OCH3 is 1. The predicted molar refractivity (Wildman–Crippen MR) is 106 cm³/mol. The largest absolute Gasteiger partial charge is 0.481 e. The Kier molecular flexibility index (Phi) is 5.85. The molecule has 0 fully saturated rings. The van der Waals surface area contributed by atoms with Crippen molar-refractivity contribution in [3.8, 4) is 17.0 Å². The summed E-state index contributed by atoms with van der Waals surface area (Å²) in [5, 5.41) is 0. The Morgan fingerprint density at radius 2 is 1.66 bits per heavy atom. The maximum atomic E-state index is 13.8. The van der Waals surface area contributed by atoms with Crippen molar-refractivity contribution in [1.29, 1.82) is 0 Å². The van der Waals surface area contributed by atoms with Gasteiger partial charge in [-0.25, -0.2) is 13.4 Å². The highest BCUT2D eigenvalue weighted by Gasteiger charge is 2.38. The lowest BCUT2D eigenvalue weighted by Gasteiger charge is -2.19. The number of nitrogens with one attached hydrogen (secondary N) is 1. The van der Waals surface area contributed by atoms with E-state index in [4.69, 9.17) is 4.74 Å². The van der Waals surface area contributed by atoms with Crippen LogP contribution in [0, 0.1) is 0 Å². The molecule has 3 rings (SSSR count). The molecular formula is C19H14BrF3N2O3S. The van der Waals surface area contributed by atoms with Crippen LogP contribution in [-0.2, 0) is 16.2 Å². The molecule has 0 aliphatic rings. The van der Waals surface area contributed by atoms with Crippen molar-refractivity contribution in [2.45, 2.75) is 11.1 Å². The molecule has 5 nitrogen and oxygen atoms in total. The summed E-state index contributed by atoms with van der Waals surface area (Å²) in [5.41, 5.74) is -1.81.